The van der Waals surface area contributed by atoms with Crippen molar-refractivity contribution in [3.05, 3.63) is 68.8 Å². The van der Waals surface area contributed by atoms with Crippen LogP contribution in [0.15, 0.2) is 18.2 Å². The first kappa shape index (κ1) is 34.5. The van der Waals surface area contributed by atoms with Crippen molar-refractivity contribution in [1.82, 2.24) is 25.3 Å². The number of hydrogen-bond donors (Lipinski definition) is 4. The van der Waals surface area contributed by atoms with Gasteiger partial charge in [-0.3, -0.25) is 24.4 Å². The van der Waals surface area contributed by atoms with Crippen LogP contribution in [0.1, 0.15) is 149 Å². The van der Waals surface area contributed by atoms with Crippen LogP contribution in [0.5, 0.6) is 0 Å². The number of carboxylic acid groups (broad SMARTS) is 1. The van der Waals surface area contributed by atoms with Gasteiger partial charge in [-0.1, -0.05) is 27.7 Å². The Morgan fingerprint density at radius 1 is 0.854 bits per heavy atom. The minimum Gasteiger partial charge on any atom is -0.478 e. The quantitative estimate of drug-likeness (QED) is 0.140. The molecular formula is C37H45N5O6. The van der Waals surface area contributed by atoms with Crippen LogP contribution in [0, 0.1) is 13.8 Å². The molecule has 4 atom stereocenters. The lowest BCUT2D eigenvalue weighted by molar-refractivity contribution is -0.143. The van der Waals surface area contributed by atoms with E-state index in [-0.39, 0.29) is 52.6 Å². The first-order valence-electron chi connectivity index (χ1n) is 16.7. The number of esters is 1. The lowest BCUT2D eigenvalue weighted by atomic mass is 9.85. The number of carbonyl (C=O) groups excluding carboxylic acids is 3. The Hall–Kier alpha value is -4.80. The van der Waals surface area contributed by atoms with E-state index in [1.54, 1.807) is 13.8 Å². The number of ketones is 1. The van der Waals surface area contributed by atoms with E-state index in [4.69, 9.17) is 14.7 Å². The highest BCUT2D eigenvalue weighted by Crippen LogP contribution is 2.43. The third kappa shape index (κ3) is 6.13. The maximum absolute atomic E-state index is 13.8. The Labute approximate surface area is 279 Å². The number of aromatic nitrogens is 4. The average molecular weight is 656 g/mol. The minimum absolute atomic E-state index is 0.0240. The molecule has 4 N–H and O–H groups in total. The van der Waals surface area contributed by atoms with Gasteiger partial charge in [-0.25, -0.2) is 4.79 Å². The van der Waals surface area contributed by atoms with Crippen molar-refractivity contribution < 1.29 is 29.0 Å². The van der Waals surface area contributed by atoms with Crippen LogP contribution in [0.3, 0.4) is 0 Å². The lowest BCUT2D eigenvalue weighted by Crippen LogP contribution is -2.22. The SMILES string of the molecule is CCCOC(=O)CC[C@@H]1c2nc(cc3[nH]c(cc4nc(cc5[nH]c(c2C(=O)NC)c(C(=O)O)c5C)[C@H](CC)[C@H]4C)c(C(C)=O)c3C)[C@H]1C. The zero-order chi connectivity index (χ0) is 35.0. The van der Waals surface area contributed by atoms with E-state index >= 15 is 0 Å². The molecule has 0 aromatic carbocycles. The second kappa shape index (κ2) is 13.7. The summed E-state index contributed by atoms with van der Waals surface area (Å²) in [4.78, 5) is 69.1. The Bertz CT molecular complexity index is 1970. The van der Waals surface area contributed by atoms with Crippen LogP contribution in [-0.2, 0) is 9.53 Å². The number of carboxylic acids is 1. The van der Waals surface area contributed by atoms with Gasteiger partial charge in [0.2, 0.25) is 0 Å². The smallest absolute Gasteiger partial charge is 0.338 e. The molecule has 48 heavy (non-hydrogen) atoms. The lowest BCUT2D eigenvalue weighted by Gasteiger charge is -2.17. The van der Waals surface area contributed by atoms with Crippen LogP contribution in [0.2, 0.25) is 0 Å². The summed E-state index contributed by atoms with van der Waals surface area (Å²) < 4.78 is 5.36. The second-order valence-corrected chi connectivity index (χ2v) is 13.0. The molecule has 0 unspecified atom stereocenters. The Balaban J connectivity index is 1.96. The van der Waals surface area contributed by atoms with Crippen molar-refractivity contribution in [3.63, 3.8) is 0 Å². The van der Waals surface area contributed by atoms with Crippen molar-refractivity contribution >= 4 is 45.7 Å². The molecule has 3 aromatic heterocycles. The molecule has 8 bridgehead atoms. The van der Waals surface area contributed by atoms with Gasteiger partial charge < -0.3 is 25.1 Å². The molecule has 0 radical (unpaired) electrons. The van der Waals surface area contributed by atoms with Gasteiger partial charge in [-0.2, -0.15) is 0 Å². The molecule has 5 rings (SSSR count). The standard InChI is InChI=1S/C37H45N5O6/c1-9-13-48-30(44)12-11-23-18(4)25-14-26-19(5)31(21(7)43)29(40-26)16-24-17(3)22(10-2)28(39-24)15-27-20(6)32(37(46)47)35(42-27)33(34(23)41-25)36(45)38-8/h14-18,22-23,40,42H,9-13H2,1-8H3,(H,38,45)(H,46,47)/t17-,18+,22-,23+/m1/s1. The third-order valence-electron chi connectivity index (χ3n) is 9.95. The Morgan fingerprint density at radius 2 is 1.46 bits per heavy atom. The summed E-state index contributed by atoms with van der Waals surface area (Å²) in [5.41, 5.74) is 6.55. The van der Waals surface area contributed by atoms with E-state index in [0.29, 0.717) is 58.5 Å². The molecule has 5 heterocycles. The summed E-state index contributed by atoms with van der Waals surface area (Å²) in [6.07, 6.45) is 1.92. The molecule has 0 spiro atoms. The summed E-state index contributed by atoms with van der Waals surface area (Å²) in [6, 6.07) is 5.69. The maximum Gasteiger partial charge on any atom is 0.338 e. The van der Waals surface area contributed by atoms with Crippen molar-refractivity contribution in [1.29, 1.82) is 0 Å². The number of amides is 1. The molecule has 254 valence electrons. The van der Waals surface area contributed by atoms with Gasteiger partial charge in [0.05, 0.1) is 34.5 Å². The second-order valence-electron chi connectivity index (χ2n) is 13.0. The van der Waals surface area contributed by atoms with Crippen molar-refractivity contribution in [2.75, 3.05) is 13.7 Å². The predicted octanol–water partition coefficient (Wildman–Crippen LogP) is 7.11. The van der Waals surface area contributed by atoms with Gasteiger partial charge in [-0.15, -0.1) is 0 Å². The van der Waals surface area contributed by atoms with Crippen molar-refractivity contribution in [3.8, 4) is 0 Å². The molecule has 0 aliphatic carbocycles. The monoisotopic (exact) mass is 655 g/mol. The Kier molecular flexibility index (Phi) is 9.89. The number of rotatable bonds is 9. The fraction of sp³-hybridized carbons (Fsp3) is 0.459. The van der Waals surface area contributed by atoms with E-state index in [2.05, 4.69) is 29.1 Å². The summed E-state index contributed by atoms with van der Waals surface area (Å²) in [5.74, 6) is -2.70. The number of aryl methyl sites for hydroxylation is 2. The number of ether oxygens (including phenoxy) is 1. The fourth-order valence-electron chi connectivity index (χ4n) is 7.26. The molecular weight excluding hydrogens is 610 g/mol. The van der Waals surface area contributed by atoms with Crippen LogP contribution < -0.4 is 5.32 Å². The zero-order valence-electron chi connectivity index (χ0n) is 29.0. The zero-order valence-corrected chi connectivity index (χ0v) is 29.0. The number of aromatic amines is 2. The van der Waals surface area contributed by atoms with E-state index in [0.717, 1.165) is 23.4 Å². The largest absolute Gasteiger partial charge is 0.478 e. The molecule has 11 heteroatoms. The normalized spacial score (nSPS) is 18.8. The highest BCUT2D eigenvalue weighted by Gasteiger charge is 2.35. The molecule has 1 amide bonds. The highest BCUT2D eigenvalue weighted by atomic mass is 16.5. The maximum atomic E-state index is 13.8. The van der Waals surface area contributed by atoms with Crippen LogP contribution in [-0.4, -0.2) is 62.3 Å². The summed E-state index contributed by atoms with van der Waals surface area (Å²) >= 11 is 0. The number of carbonyl (C=O) groups is 4. The van der Waals surface area contributed by atoms with Crippen LogP contribution in [0.25, 0.3) is 22.1 Å². The highest BCUT2D eigenvalue weighted by molar-refractivity contribution is 6.10. The molecule has 11 nitrogen and oxygen atoms in total. The first-order chi connectivity index (χ1) is 22.8. The number of Topliss-reactive ketones (excluding diaryl/α,β-unsaturated/α-hetero) is 1. The summed E-state index contributed by atoms with van der Waals surface area (Å²) in [6.45, 7) is 13.6. The van der Waals surface area contributed by atoms with Gasteiger partial charge in [0, 0.05) is 70.8 Å². The van der Waals surface area contributed by atoms with Crippen molar-refractivity contribution in [2.24, 2.45) is 0 Å². The summed E-state index contributed by atoms with van der Waals surface area (Å²) in [5, 5.41) is 13.2. The molecule has 0 saturated carbocycles. The molecule has 2 aliphatic rings. The number of nitrogens with one attached hydrogen (secondary N) is 3. The van der Waals surface area contributed by atoms with Gasteiger partial charge in [-0.05, 0) is 69.4 Å². The fourth-order valence-corrected chi connectivity index (χ4v) is 7.26. The number of H-pyrrole nitrogens is 2. The average Bonchev–Trinajstić information content (AvgIpc) is 3.72. The van der Waals surface area contributed by atoms with E-state index in [1.807, 2.05) is 39.0 Å². The Morgan fingerprint density at radius 3 is 2.08 bits per heavy atom. The predicted molar refractivity (Wildman–Crippen MR) is 184 cm³/mol. The first-order valence-corrected chi connectivity index (χ1v) is 16.7. The van der Waals surface area contributed by atoms with Crippen molar-refractivity contribution in [2.45, 2.75) is 97.8 Å². The van der Waals surface area contributed by atoms with E-state index < -0.39 is 17.8 Å². The van der Waals surface area contributed by atoms with Crippen LogP contribution in [0.4, 0.5) is 0 Å². The van der Waals surface area contributed by atoms with Gasteiger partial charge in [0.15, 0.2) is 5.78 Å². The van der Waals surface area contributed by atoms with E-state index in [9.17, 15) is 24.3 Å². The van der Waals surface area contributed by atoms with Gasteiger partial charge in [0.1, 0.15) is 0 Å². The third-order valence-corrected chi connectivity index (χ3v) is 9.95. The number of hydrogen-bond acceptors (Lipinski definition) is 7. The van der Waals surface area contributed by atoms with Gasteiger partial charge in [0.25, 0.3) is 5.91 Å². The molecule has 0 fully saturated rings. The molecule has 2 aliphatic heterocycles. The van der Waals surface area contributed by atoms with E-state index in [1.165, 1.54) is 7.05 Å². The summed E-state index contributed by atoms with van der Waals surface area (Å²) in [7, 11) is 1.49. The molecule has 0 saturated heterocycles. The topological polar surface area (TPSA) is 167 Å². The number of aromatic carboxylic acids is 1. The van der Waals surface area contributed by atoms with Crippen LogP contribution >= 0.6 is 0 Å². The molecule has 3 aromatic rings. The number of nitrogens with zero attached hydrogens (tertiary/aromatic N) is 2. The minimum atomic E-state index is -1.18. The van der Waals surface area contributed by atoms with Gasteiger partial charge >= 0.3 is 11.9 Å². The number of fused-ring (bicyclic) bond motifs is 8.